The first-order valence-corrected chi connectivity index (χ1v) is 7.99. The first kappa shape index (κ1) is 19.5. The predicted octanol–water partition coefficient (Wildman–Crippen LogP) is 2.66. The summed E-state index contributed by atoms with van der Waals surface area (Å²) >= 11 is 0. The molecule has 1 saturated heterocycles. The van der Waals surface area contributed by atoms with Crippen LogP contribution >= 0.6 is 12.4 Å². The maximum atomic E-state index is 12.4. The van der Waals surface area contributed by atoms with Gasteiger partial charge < -0.3 is 16.0 Å². The lowest BCUT2D eigenvalue weighted by molar-refractivity contribution is -0.116. The largest absolute Gasteiger partial charge is 0.339 e. The number of amides is 2. The number of nitrogens with zero attached hydrogens (tertiary/aromatic N) is 1. The van der Waals surface area contributed by atoms with Crippen molar-refractivity contribution >= 4 is 29.9 Å². The minimum Gasteiger partial charge on any atom is -0.339 e. The summed E-state index contributed by atoms with van der Waals surface area (Å²) in [5.41, 5.74) is 6.77. The topological polar surface area (TPSA) is 75.4 Å². The van der Waals surface area contributed by atoms with Crippen molar-refractivity contribution in [2.45, 2.75) is 32.6 Å². The zero-order valence-electron chi connectivity index (χ0n) is 13.6. The summed E-state index contributed by atoms with van der Waals surface area (Å²) in [5.74, 6) is 0.734. The minimum atomic E-state index is -0.0467. The van der Waals surface area contributed by atoms with Crippen LogP contribution in [0.5, 0.6) is 0 Å². The Balaban J connectivity index is 0.00000264. The van der Waals surface area contributed by atoms with Gasteiger partial charge in [0.05, 0.1) is 0 Å². The number of likely N-dealkylation sites (tertiary alicyclic amines) is 1. The molecule has 0 saturated carbocycles. The van der Waals surface area contributed by atoms with E-state index in [0.717, 1.165) is 25.9 Å². The van der Waals surface area contributed by atoms with Crippen molar-refractivity contribution < 1.29 is 9.59 Å². The molecule has 128 valence electrons. The van der Waals surface area contributed by atoms with E-state index in [1.807, 2.05) is 4.90 Å². The molecule has 2 amide bonds. The molecule has 5 nitrogen and oxygen atoms in total. The second-order valence-electron chi connectivity index (χ2n) is 5.99. The predicted molar refractivity (Wildman–Crippen MR) is 94.9 cm³/mol. The van der Waals surface area contributed by atoms with Gasteiger partial charge in [-0.05, 0) is 56.0 Å². The monoisotopic (exact) mass is 339 g/mol. The van der Waals surface area contributed by atoms with Crippen LogP contribution in [-0.2, 0) is 4.79 Å². The van der Waals surface area contributed by atoms with E-state index in [1.54, 1.807) is 24.3 Å². The molecular formula is C17H26ClN3O2. The van der Waals surface area contributed by atoms with Crippen LogP contribution in [0.4, 0.5) is 5.69 Å². The zero-order valence-corrected chi connectivity index (χ0v) is 14.4. The molecule has 1 aromatic carbocycles. The molecule has 3 N–H and O–H groups in total. The summed E-state index contributed by atoms with van der Waals surface area (Å²) in [4.78, 5) is 25.9. The third kappa shape index (κ3) is 5.84. The van der Waals surface area contributed by atoms with Crippen LogP contribution in [-0.4, -0.2) is 36.3 Å². The lowest BCUT2D eigenvalue weighted by atomic mass is 9.98. The van der Waals surface area contributed by atoms with Crippen LogP contribution in [0.1, 0.15) is 43.0 Å². The Morgan fingerprint density at radius 2 is 1.83 bits per heavy atom. The van der Waals surface area contributed by atoms with Gasteiger partial charge in [0.1, 0.15) is 0 Å². The van der Waals surface area contributed by atoms with E-state index < -0.39 is 0 Å². The van der Waals surface area contributed by atoms with Gasteiger partial charge in [0.25, 0.3) is 5.91 Å². The number of hydrogen-bond donors (Lipinski definition) is 2. The Hall–Kier alpha value is -1.59. The Kier molecular flexibility index (Phi) is 8.06. The molecule has 0 aromatic heterocycles. The SMILES string of the molecule is CC1CCN(C(=O)c2ccc(NC(=O)CCCN)cc2)CC1.Cl. The average Bonchev–Trinajstić information content (AvgIpc) is 2.54. The molecule has 1 fully saturated rings. The Bertz CT molecular complexity index is 511. The molecule has 1 heterocycles. The van der Waals surface area contributed by atoms with Crippen LogP contribution in [0.3, 0.4) is 0 Å². The van der Waals surface area contributed by atoms with Gasteiger partial charge in [-0.3, -0.25) is 9.59 Å². The Morgan fingerprint density at radius 3 is 2.39 bits per heavy atom. The van der Waals surface area contributed by atoms with Gasteiger partial charge in [0.2, 0.25) is 5.91 Å². The number of rotatable bonds is 5. The van der Waals surface area contributed by atoms with E-state index in [2.05, 4.69) is 12.2 Å². The molecule has 23 heavy (non-hydrogen) atoms. The third-order valence-electron chi connectivity index (χ3n) is 4.09. The second kappa shape index (κ2) is 9.53. The highest BCUT2D eigenvalue weighted by molar-refractivity contribution is 5.95. The van der Waals surface area contributed by atoms with Gasteiger partial charge in [-0.1, -0.05) is 6.92 Å². The van der Waals surface area contributed by atoms with E-state index >= 15 is 0 Å². The van der Waals surface area contributed by atoms with Crippen molar-refractivity contribution in [1.82, 2.24) is 4.90 Å². The lowest BCUT2D eigenvalue weighted by Gasteiger charge is -2.30. The highest BCUT2D eigenvalue weighted by Crippen LogP contribution is 2.19. The summed E-state index contributed by atoms with van der Waals surface area (Å²) in [6, 6.07) is 7.11. The fourth-order valence-electron chi connectivity index (χ4n) is 2.58. The van der Waals surface area contributed by atoms with Gasteiger partial charge in [0, 0.05) is 30.8 Å². The van der Waals surface area contributed by atoms with Crippen molar-refractivity contribution in [3.63, 3.8) is 0 Å². The van der Waals surface area contributed by atoms with E-state index in [9.17, 15) is 9.59 Å². The van der Waals surface area contributed by atoms with Crippen molar-refractivity contribution in [2.75, 3.05) is 25.0 Å². The number of hydrogen-bond acceptors (Lipinski definition) is 3. The Morgan fingerprint density at radius 1 is 1.22 bits per heavy atom. The molecule has 0 bridgehead atoms. The van der Waals surface area contributed by atoms with Crippen molar-refractivity contribution in [3.05, 3.63) is 29.8 Å². The van der Waals surface area contributed by atoms with Crippen molar-refractivity contribution in [3.8, 4) is 0 Å². The fraction of sp³-hybridized carbons (Fsp3) is 0.529. The molecule has 2 rings (SSSR count). The maximum Gasteiger partial charge on any atom is 0.253 e. The van der Waals surface area contributed by atoms with Crippen LogP contribution in [0.15, 0.2) is 24.3 Å². The van der Waals surface area contributed by atoms with Crippen LogP contribution in [0.2, 0.25) is 0 Å². The van der Waals surface area contributed by atoms with Crippen LogP contribution in [0.25, 0.3) is 0 Å². The maximum absolute atomic E-state index is 12.4. The van der Waals surface area contributed by atoms with Crippen molar-refractivity contribution in [2.24, 2.45) is 11.7 Å². The number of benzene rings is 1. The first-order valence-electron chi connectivity index (χ1n) is 7.99. The number of carbonyl (C=O) groups is 2. The van der Waals surface area contributed by atoms with Gasteiger partial charge in [-0.15, -0.1) is 12.4 Å². The molecule has 1 aliphatic rings. The number of nitrogens with one attached hydrogen (secondary N) is 1. The average molecular weight is 340 g/mol. The highest BCUT2D eigenvalue weighted by atomic mass is 35.5. The lowest BCUT2D eigenvalue weighted by Crippen LogP contribution is -2.37. The molecular weight excluding hydrogens is 314 g/mol. The van der Waals surface area contributed by atoms with Gasteiger partial charge in [-0.2, -0.15) is 0 Å². The van der Waals surface area contributed by atoms with E-state index in [1.165, 1.54) is 0 Å². The minimum absolute atomic E-state index is 0. The van der Waals surface area contributed by atoms with Crippen LogP contribution < -0.4 is 11.1 Å². The van der Waals surface area contributed by atoms with Crippen molar-refractivity contribution in [1.29, 1.82) is 0 Å². The molecule has 0 atom stereocenters. The number of carbonyl (C=O) groups excluding carboxylic acids is 2. The molecule has 0 spiro atoms. The number of nitrogens with two attached hydrogens (primary N) is 1. The summed E-state index contributed by atoms with van der Waals surface area (Å²) < 4.78 is 0. The number of anilines is 1. The summed E-state index contributed by atoms with van der Waals surface area (Å²) in [6.45, 7) is 4.40. The van der Waals surface area contributed by atoms with E-state index in [4.69, 9.17) is 5.73 Å². The number of piperidine rings is 1. The smallest absolute Gasteiger partial charge is 0.253 e. The summed E-state index contributed by atoms with van der Waals surface area (Å²) in [5, 5.41) is 2.81. The summed E-state index contributed by atoms with van der Waals surface area (Å²) in [6.07, 6.45) is 3.24. The standard InChI is InChI=1S/C17H25N3O2.ClH/c1-13-8-11-20(12-9-13)17(22)14-4-6-15(7-5-14)19-16(21)3-2-10-18;/h4-7,13H,2-3,8-12,18H2,1H3,(H,19,21);1H. The molecule has 0 unspecified atom stereocenters. The molecule has 1 aromatic rings. The zero-order chi connectivity index (χ0) is 15.9. The third-order valence-corrected chi connectivity index (χ3v) is 4.09. The highest BCUT2D eigenvalue weighted by Gasteiger charge is 2.21. The molecule has 6 heteroatoms. The van der Waals surface area contributed by atoms with Gasteiger partial charge >= 0.3 is 0 Å². The first-order chi connectivity index (χ1) is 10.6. The fourth-order valence-corrected chi connectivity index (χ4v) is 2.58. The van der Waals surface area contributed by atoms with Gasteiger partial charge in [-0.25, -0.2) is 0 Å². The summed E-state index contributed by atoms with van der Waals surface area (Å²) in [7, 11) is 0. The quantitative estimate of drug-likeness (QED) is 0.866. The number of halogens is 1. The van der Waals surface area contributed by atoms with Gasteiger partial charge in [0.15, 0.2) is 0 Å². The molecule has 0 radical (unpaired) electrons. The molecule has 0 aliphatic carbocycles. The normalized spacial score (nSPS) is 15.0. The molecule has 1 aliphatic heterocycles. The van der Waals surface area contributed by atoms with E-state index in [0.29, 0.717) is 36.6 Å². The van der Waals surface area contributed by atoms with E-state index in [-0.39, 0.29) is 24.2 Å². The Labute approximate surface area is 144 Å². The van der Waals surface area contributed by atoms with Crippen LogP contribution in [0, 0.1) is 5.92 Å². The second-order valence-corrected chi connectivity index (χ2v) is 5.99.